The number of aromatic nitrogens is 1. The molecule has 6 nitrogen and oxygen atoms in total. The zero-order chi connectivity index (χ0) is 13.1. The van der Waals surface area contributed by atoms with Gasteiger partial charge in [-0.15, -0.1) is 11.6 Å². The van der Waals surface area contributed by atoms with Crippen LogP contribution >= 0.6 is 11.6 Å². The number of nitrogens with zero attached hydrogens (tertiary/aromatic N) is 1. The number of hydrogen-bond donors (Lipinski definition) is 2. The van der Waals surface area contributed by atoms with E-state index in [2.05, 4.69) is 10.3 Å². The summed E-state index contributed by atoms with van der Waals surface area (Å²) in [5, 5.41) is 13.2. The van der Waals surface area contributed by atoms with E-state index < -0.39 is 16.4 Å². The van der Waals surface area contributed by atoms with Gasteiger partial charge in [0.15, 0.2) is 5.69 Å². The molecular formula is C10H14ClN3O3. The van der Waals surface area contributed by atoms with Crippen LogP contribution in [-0.4, -0.2) is 27.2 Å². The summed E-state index contributed by atoms with van der Waals surface area (Å²) in [4.78, 5) is 24.1. The van der Waals surface area contributed by atoms with E-state index in [9.17, 15) is 14.9 Å². The predicted molar refractivity (Wildman–Crippen MR) is 64.3 cm³/mol. The lowest BCUT2D eigenvalue weighted by molar-refractivity contribution is -0.389. The quantitative estimate of drug-likeness (QED) is 0.482. The highest BCUT2D eigenvalue weighted by Gasteiger charge is 2.26. The Hall–Kier alpha value is -1.56. The van der Waals surface area contributed by atoms with Gasteiger partial charge in [-0.2, -0.15) is 0 Å². The van der Waals surface area contributed by atoms with Crippen molar-refractivity contribution in [2.45, 2.75) is 25.8 Å². The zero-order valence-electron chi connectivity index (χ0n) is 9.62. The van der Waals surface area contributed by atoms with Crippen molar-refractivity contribution in [1.82, 2.24) is 10.3 Å². The third-order valence-electron chi connectivity index (χ3n) is 2.60. The smallest absolute Gasteiger partial charge is 0.321 e. The van der Waals surface area contributed by atoms with Gasteiger partial charge in [0.1, 0.15) is 0 Å². The molecule has 0 saturated heterocycles. The standard InChI is InChI=1S/C10H14ClN3O3/c1-3-10(2,6-11)13-9(15)7-4-5-8(12-7)14(16)17/h4-5,12H,3,6H2,1-2H3,(H,13,15). The van der Waals surface area contributed by atoms with E-state index in [0.29, 0.717) is 6.42 Å². The molecule has 1 rings (SSSR count). The molecule has 94 valence electrons. The summed E-state index contributed by atoms with van der Waals surface area (Å²) in [6.45, 7) is 3.72. The Kier molecular flexibility index (Phi) is 4.11. The maximum Gasteiger partial charge on any atom is 0.321 e. The van der Waals surface area contributed by atoms with Gasteiger partial charge in [-0.25, -0.2) is 4.98 Å². The van der Waals surface area contributed by atoms with Crippen LogP contribution in [0.4, 0.5) is 5.82 Å². The largest absolute Gasteiger partial charge is 0.358 e. The number of carbonyl (C=O) groups is 1. The van der Waals surface area contributed by atoms with Crippen molar-refractivity contribution in [2.75, 3.05) is 5.88 Å². The number of nitro groups is 1. The van der Waals surface area contributed by atoms with E-state index in [1.807, 2.05) is 13.8 Å². The average Bonchev–Trinajstić information content (AvgIpc) is 2.78. The first kappa shape index (κ1) is 13.5. The van der Waals surface area contributed by atoms with Crippen LogP contribution in [0.15, 0.2) is 12.1 Å². The summed E-state index contributed by atoms with van der Waals surface area (Å²) in [6, 6.07) is 2.62. The third kappa shape index (κ3) is 3.20. The molecule has 1 heterocycles. The molecule has 2 N–H and O–H groups in total. The van der Waals surface area contributed by atoms with Gasteiger partial charge in [0.2, 0.25) is 0 Å². The first-order chi connectivity index (χ1) is 7.91. The lowest BCUT2D eigenvalue weighted by Gasteiger charge is -2.26. The molecule has 0 bridgehead atoms. The van der Waals surface area contributed by atoms with E-state index in [-0.39, 0.29) is 17.4 Å². The van der Waals surface area contributed by atoms with Crippen molar-refractivity contribution in [3.05, 3.63) is 27.9 Å². The Morgan fingerprint density at radius 1 is 1.65 bits per heavy atom. The molecule has 7 heteroatoms. The second-order valence-corrected chi connectivity index (χ2v) is 4.28. The van der Waals surface area contributed by atoms with Gasteiger partial charge in [-0.1, -0.05) is 6.92 Å². The minimum Gasteiger partial charge on any atom is -0.358 e. The molecule has 0 aliphatic carbocycles. The number of amides is 1. The van der Waals surface area contributed by atoms with Gasteiger partial charge in [-0.3, -0.25) is 4.79 Å². The van der Waals surface area contributed by atoms with Crippen molar-refractivity contribution in [1.29, 1.82) is 0 Å². The normalized spacial score (nSPS) is 14.1. The molecule has 0 radical (unpaired) electrons. The lowest BCUT2D eigenvalue weighted by Crippen LogP contribution is -2.47. The Bertz CT molecular complexity index is 426. The first-order valence-corrected chi connectivity index (χ1v) is 5.67. The highest BCUT2D eigenvalue weighted by atomic mass is 35.5. The Morgan fingerprint density at radius 3 is 2.71 bits per heavy atom. The maximum atomic E-state index is 11.8. The first-order valence-electron chi connectivity index (χ1n) is 5.14. The summed E-state index contributed by atoms with van der Waals surface area (Å²) in [7, 11) is 0. The number of hydrogen-bond acceptors (Lipinski definition) is 3. The van der Waals surface area contributed by atoms with E-state index in [0.717, 1.165) is 0 Å². The summed E-state index contributed by atoms with van der Waals surface area (Å²) in [5.74, 6) is -0.333. The molecular weight excluding hydrogens is 246 g/mol. The molecule has 1 amide bonds. The number of H-pyrrole nitrogens is 1. The van der Waals surface area contributed by atoms with Gasteiger partial charge in [0.25, 0.3) is 5.91 Å². The SMILES string of the molecule is CCC(C)(CCl)NC(=O)c1ccc([N+](=O)[O-])[nH]1. The Labute approximate surface area is 103 Å². The average molecular weight is 260 g/mol. The summed E-state index contributed by atoms with van der Waals surface area (Å²) < 4.78 is 0. The molecule has 0 spiro atoms. The second kappa shape index (κ2) is 5.18. The van der Waals surface area contributed by atoms with Crippen LogP contribution in [0.25, 0.3) is 0 Å². The summed E-state index contributed by atoms with van der Waals surface area (Å²) in [5.41, 5.74) is -0.361. The maximum absolute atomic E-state index is 11.8. The fourth-order valence-electron chi connectivity index (χ4n) is 1.18. The number of alkyl halides is 1. The van der Waals surface area contributed by atoms with Crippen molar-refractivity contribution in [3.63, 3.8) is 0 Å². The van der Waals surface area contributed by atoms with Gasteiger partial charge < -0.3 is 15.4 Å². The number of carbonyl (C=O) groups excluding carboxylic acids is 1. The molecule has 0 fully saturated rings. The minimum absolute atomic E-state index is 0.154. The van der Waals surface area contributed by atoms with Crippen LogP contribution in [0, 0.1) is 10.1 Å². The topological polar surface area (TPSA) is 88.0 Å². The molecule has 1 aromatic heterocycles. The Balaban J connectivity index is 2.79. The molecule has 0 saturated carbocycles. The van der Waals surface area contributed by atoms with Gasteiger partial charge in [-0.05, 0) is 24.3 Å². The molecule has 1 unspecified atom stereocenters. The van der Waals surface area contributed by atoms with E-state index >= 15 is 0 Å². The van der Waals surface area contributed by atoms with Crippen LogP contribution in [0.2, 0.25) is 0 Å². The van der Waals surface area contributed by atoms with Crippen molar-refractivity contribution < 1.29 is 9.72 Å². The van der Waals surface area contributed by atoms with Crippen molar-refractivity contribution >= 4 is 23.3 Å². The van der Waals surface area contributed by atoms with E-state index in [1.165, 1.54) is 12.1 Å². The monoisotopic (exact) mass is 259 g/mol. The number of rotatable bonds is 5. The summed E-state index contributed by atoms with van der Waals surface area (Å²) >= 11 is 5.76. The highest BCUT2D eigenvalue weighted by molar-refractivity contribution is 6.18. The Morgan fingerprint density at radius 2 is 2.29 bits per heavy atom. The lowest BCUT2D eigenvalue weighted by atomic mass is 10.0. The van der Waals surface area contributed by atoms with E-state index in [1.54, 1.807) is 0 Å². The van der Waals surface area contributed by atoms with Crippen LogP contribution in [-0.2, 0) is 0 Å². The summed E-state index contributed by atoms with van der Waals surface area (Å²) in [6.07, 6.45) is 0.672. The van der Waals surface area contributed by atoms with Crippen molar-refractivity contribution in [3.8, 4) is 0 Å². The van der Waals surface area contributed by atoms with Crippen LogP contribution < -0.4 is 5.32 Å². The zero-order valence-corrected chi connectivity index (χ0v) is 10.4. The molecule has 1 atom stereocenters. The number of aromatic amines is 1. The molecule has 0 aromatic carbocycles. The van der Waals surface area contributed by atoms with E-state index in [4.69, 9.17) is 11.6 Å². The van der Waals surface area contributed by atoms with Gasteiger partial charge in [0.05, 0.1) is 5.54 Å². The van der Waals surface area contributed by atoms with Crippen LogP contribution in [0.5, 0.6) is 0 Å². The molecule has 1 aromatic rings. The van der Waals surface area contributed by atoms with Gasteiger partial charge >= 0.3 is 5.82 Å². The fraction of sp³-hybridized carbons (Fsp3) is 0.500. The number of nitrogens with one attached hydrogen (secondary N) is 2. The highest BCUT2D eigenvalue weighted by Crippen LogP contribution is 2.14. The minimum atomic E-state index is -0.586. The fourth-order valence-corrected chi connectivity index (χ4v) is 1.44. The van der Waals surface area contributed by atoms with Gasteiger partial charge in [0, 0.05) is 11.9 Å². The third-order valence-corrected chi connectivity index (χ3v) is 3.19. The molecule has 17 heavy (non-hydrogen) atoms. The second-order valence-electron chi connectivity index (χ2n) is 4.02. The van der Waals surface area contributed by atoms with Crippen LogP contribution in [0.3, 0.4) is 0 Å². The number of halogens is 1. The van der Waals surface area contributed by atoms with Crippen molar-refractivity contribution in [2.24, 2.45) is 0 Å². The molecule has 0 aliphatic rings. The predicted octanol–water partition coefficient (Wildman–Crippen LogP) is 2.06. The van der Waals surface area contributed by atoms with Crippen LogP contribution in [0.1, 0.15) is 30.8 Å². The molecule has 0 aliphatic heterocycles.